The first-order valence-corrected chi connectivity index (χ1v) is 8.42. The summed E-state index contributed by atoms with van der Waals surface area (Å²) in [6.07, 6.45) is 1.53. The zero-order valence-corrected chi connectivity index (χ0v) is 15.0. The maximum absolute atomic E-state index is 12.3. The van der Waals surface area contributed by atoms with Crippen LogP contribution in [0.1, 0.15) is 15.9 Å². The lowest BCUT2D eigenvalue weighted by Crippen LogP contribution is -2.23. The van der Waals surface area contributed by atoms with Gasteiger partial charge in [0.25, 0.3) is 5.91 Å². The van der Waals surface area contributed by atoms with Crippen LogP contribution in [0.25, 0.3) is 0 Å². The number of carbonyl (C=O) groups excluding carboxylic acids is 1. The smallest absolute Gasteiger partial charge is 0.253 e. The fraction of sp³-hybridized carbons (Fsp3) is 0.100. The normalized spacial score (nSPS) is 10.2. The molecule has 3 rings (SSSR count). The molecule has 3 aromatic rings. The van der Waals surface area contributed by atoms with Crippen molar-refractivity contribution in [3.05, 3.63) is 83.0 Å². The Morgan fingerprint density at radius 2 is 1.96 bits per heavy atom. The number of carbonyl (C=O) groups is 1. The fourth-order valence-electron chi connectivity index (χ4n) is 2.37. The first-order valence-electron chi connectivity index (χ1n) is 8.04. The number of nitrogens with one attached hydrogen (secondary N) is 2. The summed E-state index contributed by atoms with van der Waals surface area (Å²) in [5.74, 6) is 1.19. The molecule has 0 atom stereocenters. The molecule has 132 valence electrons. The summed E-state index contributed by atoms with van der Waals surface area (Å²) >= 11 is 6.09. The van der Waals surface area contributed by atoms with Gasteiger partial charge in [-0.1, -0.05) is 35.9 Å². The Morgan fingerprint density at radius 1 is 1.12 bits per heavy atom. The Kier molecular flexibility index (Phi) is 5.71. The molecule has 0 aliphatic heterocycles. The van der Waals surface area contributed by atoms with Gasteiger partial charge in [-0.15, -0.1) is 0 Å². The number of hydrogen-bond acceptors (Lipinski definition) is 4. The third kappa shape index (κ3) is 4.52. The van der Waals surface area contributed by atoms with Gasteiger partial charge in [-0.25, -0.2) is 4.98 Å². The van der Waals surface area contributed by atoms with Crippen molar-refractivity contribution >= 4 is 29.0 Å². The Bertz CT molecular complexity index is 898. The lowest BCUT2D eigenvalue weighted by Gasteiger charge is -2.09. The number of methoxy groups -OCH3 is 1. The summed E-state index contributed by atoms with van der Waals surface area (Å²) in [4.78, 5) is 16.5. The third-order valence-corrected chi connectivity index (χ3v) is 4.13. The Labute approximate surface area is 157 Å². The molecule has 0 radical (unpaired) electrons. The molecule has 6 heteroatoms. The van der Waals surface area contributed by atoms with Gasteiger partial charge < -0.3 is 15.4 Å². The predicted molar refractivity (Wildman–Crippen MR) is 103 cm³/mol. The molecule has 5 nitrogen and oxygen atoms in total. The summed E-state index contributed by atoms with van der Waals surface area (Å²) in [6.45, 7) is 0.363. The lowest BCUT2D eigenvalue weighted by molar-refractivity contribution is 0.0950. The van der Waals surface area contributed by atoms with Gasteiger partial charge in [-0.05, 0) is 35.9 Å². The molecular weight excluding hydrogens is 350 g/mol. The van der Waals surface area contributed by atoms with Gasteiger partial charge in [0.1, 0.15) is 11.6 Å². The van der Waals surface area contributed by atoms with E-state index in [4.69, 9.17) is 16.3 Å². The van der Waals surface area contributed by atoms with Crippen LogP contribution in [0.2, 0.25) is 5.02 Å². The largest absolute Gasteiger partial charge is 0.497 e. The molecule has 1 heterocycles. The molecule has 2 aromatic carbocycles. The van der Waals surface area contributed by atoms with Crippen molar-refractivity contribution in [2.24, 2.45) is 0 Å². The summed E-state index contributed by atoms with van der Waals surface area (Å²) in [5, 5.41) is 6.64. The minimum absolute atomic E-state index is 0.203. The summed E-state index contributed by atoms with van der Waals surface area (Å²) in [6, 6.07) is 18.4. The molecule has 1 amide bonds. The number of ether oxygens (including phenoxy) is 1. The highest BCUT2D eigenvalue weighted by Crippen LogP contribution is 2.20. The second kappa shape index (κ2) is 8.36. The number of pyridine rings is 1. The minimum atomic E-state index is -0.203. The Balaban J connectivity index is 1.61. The molecule has 26 heavy (non-hydrogen) atoms. The quantitative estimate of drug-likeness (QED) is 0.677. The van der Waals surface area contributed by atoms with Crippen LogP contribution in [-0.2, 0) is 6.54 Å². The topological polar surface area (TPSA) is 63.2 Å². The van der Waals surface area contributed by atoms with Crippen LogP contribution >= 0.6 is 11.6 Å². The first-order chi connectivity index (χ1) is 12.7. The third-order valence-electron chi connectivity index (χ3n) is 3.77. The highest BCUT2D eigenvalue weighted by Gasteiger charge is 2.07. The maximum atomic E-state index is 12.3. The second-order valence-electron chi connectivity index (χ2n) is 5.56. The van der Waals surface area contributed by atoms with E-state index in [1.54, 1.807) is 25.3 Å². The number of amides is 1. The van der Waals surface area contributed by atoms with Crippen molar-refractivity contribution in [2.75, 3.05) is 12.4 Å². The molecule has 0 aliphatic carbocycles. The van der Waals surface area contributed by atoms with E-state index < -0.39 is 0 Å². The van der Waals surface area contributed by atoms with Crippen LogP contribution < -0.4 is 15.4 Å². The van der Waals surface area contributed by atoms with E-state index in [1.807, 2.05) is 42.5 Å². The average molecular weight is 368 g/mol. The van der Waals surface area contributed by atoms with Gasteiger partial charge in [0.2, 0.25) is 0 Å². The van der Waals surface area contributed by atoms with Crippen LogP contribution in [0, 0.1) is 0 Å². The van der Waals surface area contributed by atoms with Crippen molar-refractivity contribution in [2.45, 2.75) is 6.54 Å². The summed E-state index contributed by atoms with van der Waals surface area (Å²) < 4.78 is 5.19. The predicted octanol–water partition coefficient (Wildman–Crippen LogP) is 4.42. The Morgan fingerprint density at radius 3 is 2.69 bits per heavy atom. The van der Waals surface area contributed by atoms with Crippen LogP contribution in [0.3, 0.4) is 0 Å². The van der Waals surface area contributed by atoms with E-state index in [-0.39, 0.29) is 5.91 Å². The van der Waals surface area contributed by atoms with Crippen LogP contribution in [0.5, 0.6) is 5.75 Å². The molecule has 0 fully saturated rings. The van der Waals surface area contributed by atoms with Crippen LogP contribution in [0.15, 0.2) is 66.9 Å². The van der Waals surface area contributed by atoms with Gasteiger partial charge in [0.15, 0.2) is 0 Å². The van der Waals surface area contributed by atoms with E-state index in [1.165, 1.54) is 6.20 Å². The van der Waals surface area contributed by atoms with Crippen LogP contribution in [0.4, 0.5) is 11.5 Å². The lowest BCUT2D eigenvalue weighted by atomic mass is 10.2. The fourth-order valence-corrected chi connectivity index (χ4v) is 2.57. The molecule has 0 spiro atoms. The summed E-state index contributed by atoms with van der Waals surface area (Å²) in [5.41, 5.74) is 2.20. The van der Waals surface area contributed by atoms with Gasteiger partial charge in [-0.2, -0.15) is 0 Å². The zero-order valence-electron chi connectivity index (χ0n) is 14.2. The highest BCUT2D eigenvalue weighted by atomic mass is 35.5. The SMILES string of the molecule is COc1cccc(Nc2ccc(C(=O)NCc3ccccc3Cl)cn2)c1. The van der Waals surface area contributed by atoms with Crippen molar-refractivity contribution in [1.29, 1.82) is 0 Å². The average Bonchev–Trinajstić information content (AvgIpc) is 2.68. The highest BCUT2D eigenvalue weighted by molar-refractivity contribution is 6.31. The molecule has 0 bridgehead atoms. The van der Waals surface area contributed by atoms with E-state index in [0.717, 1.165) is 17.0 Å². The molecule has 0 unspecified atom stereocenters. The number of nitrogens with zero attached hydrogens (tertiary/aromatic N) is 1. The van der Waals surface area contributed by atoms with E-state index in [0.29, 0.717) is 22.9 Å². The number of hydrogen-bond donors (Lipinski definition) is 2. The molecule has 0 aliphatic rings. The molecule has 0 saturated carbocycles. The monoisotopic (exact) mass is 367 g/mol. The second-order valence-corrected chi connectivity index (χ2v) is 5.97. The molecule has 0 saturated heterocycles. The van der Waals surface area contributed by atoms with Crippen molar-refractivity contribution in [3.8, 4) is 5.75 Å². The standard InChI is InChI=1S/C20H18ClN3O2/c1-26-17-7-4-6-16(11-17)24-19-10-9-15(13-22-19)20(25)23-12-14-5-2-3-8-18(14)21/h2-11,13H,12H2,1H3,(H,22,24)(H,23,25). The number of halogens is 1. The van der Waals surface area contributed by atoms with E-state index in [9.17, 15) is 4.79 Å². The van der Waals surface area contributed by atoms with E-state index >= 15 is 0 Å². The zero-order chi connectivity index (χ0) is 18.4. The maximum Gasteiger partial charge on any atom is 0.253 e. The van der Waals surface area contributed by atoms with Crippen molar-refractivity contribution < 1.29 is 9.53 Å². The Hall–Kier alpha value is -3.05. The first kappa shape index (κ1) is 17.8. The number of anilines is 2. The number of aromatic nitrogens is 1. The van der Waals surface area contributed by atoms with Gasteiger partial charge in [0, 0.05) is 29.5 Å². The van der Waals surface area contributed by atoms with Crippen molar-refractivity contribution in [3.63, 3.8) is 0 Å². The summed E-state index contributed by atoms with van der Waals surface area (Å²) in [7, 11) is 1.62. The van der Waals surface area contributed by atoms with Crippen molar-refractivity contribution in [1.82, 2.24) is 10.3 Å². The minimum Gasteiger partial charge on any atom is -0.497 e. The number of benzene rings is 2. The number of rotatable bonds is 6. The van der Waals surface area contributed by atoms with Gasteiger partial charge in [0.05, 0.1) is 12.7 Å². The molecule has 2 N–H and O–H groups in total. The van der Waals surface area contributed by atoms with Gasteiger partial charge in [-0.3, -0.25) is 4.79 Å². The van der Waals surface area contributed by atoms with Crippen LogP contribution in [-0.4, -0.2) is 18.0 Å². The molecular formula is C20H18ClN3O2. The van der Waals surface area contributed by atoms with E-state index in [2.05, 4.69) is 15.6 Å². The molecule has 1 aromatic heterocycles. The van der Waals surface area contributed by atoms with Gasteiger partial charge >= 0.3 is 0 Å².